The zero-order valence-electron chi connectivity index (χ0n) is 2.33. The summed E-state index contributed by atoms with van der Waals surface area (Å²) < 4.78 is 0. The second-order valence-corrected chi connectivity index (χ2v) is 18.6. The van der Waals surface area contributed by atoms with E-state index < -0.39 is 11.9 Å². The average molecular weight is 334 g/mol. The fourth-order valence-electron chi connectivity index (χ4n) is 0. The molecule has 0 fully saturated rings. The van der Waals surface area contributed by atoms with Crippen LogP contribution in [0.25, 0.3) is 0 Å². The summed E-state index contributed by atoms with van der Waals surface area (Å²) in [5.41, 5.74) is 0. The van der Waals surface area contributed by atoms with Gasteiger partial charge in [-0.2, -0.15) is 0 Å². The zero-order valence-corrected chi connectivity index (χ0v) is 9.37. The van der Waals surface area contributed by atoms with Gasteiger partial charge in [0.05, 0.1) is 0 Å². The number of hydrogen-bond donors (Lipinski definition) is 0. The minimum Gasteiger partial charge on any atom is 0 e. The Hall–Kier alpha value is 2.54. The van der Waals surface area contributed by atoms with E-state index in [9.17, 15) is 0 Å². The van der Waals surface area contributed by atoms with Crippen LogP contribution in [0.3, 0.4) is 0 Å². The molecule has 0 spiro atoms. The van der Waals surface area contributed by atoms with E-state index in [1.54, 1.807) is 0 Å². The smallest absolute Gasteiger partial charge is 0 e. The summed E-state index contributed by atoms with van der Waals surface area (Å²) in [5.74, 6) is 0. The van der Waals surface area contributed by atoms with Gasteiger partial charge in [-0.05, 0) is 0 Å². The average Bonchev–Trinajstić information content (AvgIpc) is 0.722. The third kappa shape index (κ3) is 31.1. The summed E-state index contributed by atoms with van der Waals surface area (Å²) in [6.07, 6.45) is 0. The largest absolute Gasteiger partial charge is 0 e. The van der Waals surface area contributed by atoms with Crippen LogP contribution in [0.1, 0.15) is 0 Å². The monoisotopic (exact) mass is 336 g/mol. The molecule has 0 nitrogen and oxygen atoms in total. The Morgan fingerprint density at radius 1 is 0.833 bits per heavy atom. The Labute approximate surface area is 69.6 Å². The molecule has 0 aliphatic carbocycles. The molecule has 0 bridgehead atoms. The Kier molecular flexibility index (Phi) is 8.36. The second kappa shape index (κ2) is 4.42. The Morgan fingerprint density at radius 2 is 0.833 bits per heavy atom. The van der Waals surface area contributed by atoms with E-state index in [4.69, 9.17) is 37.7 Å². The third-order valence-corrected chi connectivity index (χ3v) is 0. The fourth-order valence-corrected chi connectivity index (χ4v) is 0. The summed E-state index contributed by atoms with van der Waals surface area (Å²) in [5, 5.41) is 0. The molecule has 40 valence electrons. The van der Waals surface area contributed by atoms with Crippen LogP contribution in [0.5, 0.6) is 0 Å². The van der Waals surface area contributed by atoms with Gasteiger partial charge >= 0.3 is 49.6 Å². The van der Waals surface area contributed by atoms with E-state index >= 15 is 0 Å². The standard InChI is InChI=1S/4ClH.2Mo/h4*1H;;/q;;;;;+4/p-4. The number of halogens is 4. The van der Waals surface area contributed by atoms with Crippen LogP contribution in [0.2, 0.25) is 0 Å². The van der Waals surface area contributed by atoms with Gasteiger partial charge in [-0.3, -0.25) is 0 Å². The van der Waals surface area contributed by atoms with Crippen LogP contribution in [0.15, 0.2) is 0 Å². The predicted molar refractivity (Wildman–Crippen MR) is 23.4 cm³/mol. The first-order valence-electron chi connectivity index (χ1n) is 0.617. The van der Waals surface area contributed by atoms with E-state index in [1.807, 2.05) is 0 Å². The third-order valence-electron chi connectivity index (χ3n) is 0. The van der Waals surface area contributed by atoms with Crippen molar-refractivity contribution in [2.24, 2.45) is 0 Å². The van der Waals surface area contributed by atoms with Crippen molar-refractivity contribution in [3.63, 3.8) is 0 Å². The normalized spacial score (nSPS) is 12.7. The van der Waals surface area contributed by atoms with E-state index in [2.05, 4.69) is 0 Å². The van der Waals surface area contributed by atoms with Crippen LogP contribution in [0, 0.1) is 0 Å². The van der Waals surface area contributed by atoms with Gasteiger partial charge in [-0.25, -0.2) is 0 Å². The molecule has 0 rings (SSSR count). The second-order valence-electron chi connectivity index (χ2n) is 0.350. The van der Waals surface area contributed by atoms with Gasteiger partial charge in [0.15, 0.2) is 0 Å². The molecule has 6 heavy (non-hydrogen) atoms. The van der Waals surface area contributed by atoms with Crippen LogP contribution in [-0.4, -0.2) is 0 Å². The molecular formula is Cl4Mo2. The molecule has 0 aromatic rings. The predicted octanol–water partition coefficient (Wildman–Crippen LogP) is 2.75. The zero-order chi connectivity index (χ0) is 4.50. The summed E-state index contributed by atoms with van der Waals surface area (Å²) in [6, 6.07) is 0. The van der Waals surface area contributed by atoms with Crippen LogP contribution in [-0.2, 0) is 33.0 Å². The first-order chi connectivity index (χ1) is 2.00. The van der Waals surface area contributed by atoms with Crippen molar-refractivity contribution < 1.29 is 33.0 Å². The molecular weight excluding hydrogens is 334 g/mol. The topological polar surface area (TPSA) is 0 Å². The fraction of sp³-hybridized carbons (Fsp3) is 0. The Morgan fingerprint density at radius 3 is 0.833 bits per heavy atom. The summed E-state index contributed by atoms with van der Waals surface area (Å²) in [7, 11) is 20.1. The van der Waals surface area contributed by atoms with Crippen LogP contribution >= 0.6 is 37.7 Å². The van der Waals surface area contributed by atoms with Crippen molar-refractivity contribution in [2.45, 2.75) is 0 Å². The summed E-state index contributed by atoms with van der Waals surface area (Å²) in [6.45, 7) is 0. The quantitative estimate of drug-likeness (QED) is 0.598. The van der Waals surface area contributed by atoms with Crippen LogP contribution in [0.4, 0.5) is 0 Å². The van der Waals surface area contributed by atoms with Gasteiger partial charge < -0.3 is 0 Å². The SMILES string of the molecule is [Cl][Mo]([Cl])([Cl])[Cl].[Mo]. The molecule has 0 amide bonds. The summed E-state index contributed by atoms with van der Waals surface area (Å²) in [4.78, 5) is 0. The van der Waals surface area contributed by atoms with E-state index in [0.29, 0.717) is 0 Å². The van der Waals surface area contributed by atoms with Gasteiger partial charge in [0.25, 0.3) is 0 Å². The van der Waals surface area contributed by atoms with E-state index in [0.717, 1.165) is 0 Å². The van der Waals surface area contributed by atoms with Gasteiger partial charge in [0, 0.05) is 21.1 Å². The number of rotatable bonds is 0. The Balaban J connectivity index is 0. The molecule has 0 unspecified atom stereocenters. The van der Waals surface area contributed by atoms with Gasteiger partial charge in [0.2, 0.25) is 0 Å². The maximum atomic E-state index is 5.02. The minimum atomic E-state index is -3.13. The van der Waals surface area contributed by atoms with Crippen molar-refractivity contribution in [3.8, 4) is 0 Å². The molecule has 0 saturated heterocycles. The van der Waals surface area contributed by atoms with Crippen molar-refractivity contribution in [2.75, 3.05) is 0 Å². The molecule has 0 aliphatic heterocycles. The van der Waals surface area contributed by atoms with Crippen molar-refractivity contribution in [3.05, 3.63) is 0 Å². The van der Waals surface area contributed by atoms with Crippen molar-refractivity contribution >= 4 is 37.7 Å². The molecule has 0 aliphatic rings. The van der Waals surface area contributed by atoms with Gasteiger partial charge in [-0.15, -0.1) is 0 Å². The van der Waals surface area contributed by atoms with E-state index in [-0.39, 0.29) is 21.1 Å². The molecule has 6 heteroatoms. The molecule has 0 aromatic carbocycles. The summed E-state index contributed by atoms with van der Waals surface area (Å²) >= 11 is -3.13. The first kappa shape index (κ1) is 11.3. The van der Waals surface area contributed by atoms with Crippen molar-refractivity contribution in [1.82, 2.24) is 0 Å². The maximum absolute atomic E-state index is 5.02. The molecule has 0 radical (unpaired) electrons. The van der Waals surface area contributed by atoms with E-state index in [1.165, 1.54) is 0 Å². The number of hydrogen-bond acceptors (Lipinski definition) is 0. The maximum Gasteiger partial charge on any atom is 0 e. The van der Waals surface area contributed by atoms with Gasteiger partial charge in [-0.1, -0.05) is 0 Å². The molecule has 0 N–H and O–H groups in total. The molecule has 0 saturated carbocycles. The molecule has 0 heterocycles. The molecule has 0 aromatic heterocycles. The molecule has 0 atom stereocenters. The van der Waals surface area contributed by atoms with Crippen LogP contribution < -0.4 is 0 Å². The van der Waals surface area contributed by atoms with Crippen molar-refractivity contribution in [1.29, 1.82) is 0 Å². The van der Waals surface area contributed by atoms with Gasteiger partial charge in [0.1, 0.15) is 0 Å². The first-order valence-corrected chi connectivity index (χ1v) is 11.0. The Bertz CT molecular complexity index is 21.0. The minimum absolute atomic E-state index is 0.